The first-order valence-electron chi connectivity index (χ1n) is 5.76. The number of ether oxygens (including phenoxy) is 2. The van der Waals surface area contributed by atoms with E-state index in [1.54, 1.807) is 6.26 Å². The van der Waals surface area contributed by atoms with E-state index in [9.17, 15) is 0 Å². The van der Waals surface area contributed by atoms with Crippen LogP contribution in [0, 0.1) is 0 Å². The van der Waals surface area contributed by atoms with Gasteiger partial charge in [0.2, 0.25) is 0 Å². The summed E-state index contributed by atoms with van der Waals surface area (Å²) in [5.74, 6) is 0. The highest BCUT2D eigenvalue weighted by atomic mass is 16.5. The zero-order valence-corrected chi connectivity index (χ0v) is 9.63. The smallest absolute Gasteiger partial charge is 0.0873 e. The fraction of sp³-hybridized carbons (Fsp3) is 0.833. The van der Waals surface area contributed by atoms with Gasteiger partial charge in [0, 0.05) is 6.61 Å². The minimum absolute atomic E-state index is 0.813. The van der Waals surface area contributed by atoms with Crippen molar-refractivity contribution in [2.24, 2.45) is 0 Å². The summed E-state index contributed by atoms with van der Waals surface area (Å²) < 4.78 is 10.7. The van der Waals surface area contributed by atoms with E-state index in [-0.39, 0.29) is 0 Å². The topological polar surface area (TPSA) is 18.5 Å². The van der Waals surface area contributed by atoms with Gasteiger partial charge in [-0.25, -0.2) is 0 Å². The minimum atomic E-state index is 0.813. The lowest BCUT2D eigenvalue weighted by molar-refractivity contribution is 0.135. The first kappa shape index (κ1) is 13.5. The second-order valence-corrected chi connectivity index (χ2v) is 3.35. The molecular weight excluding hydrogens is 176 g/mol. The Bertz CT molecular complexity index is 121. The molecule has 14 heavy (non-hydrogen) atoms. The van der Waals surface area contributed by atoms with Crippen molar-refractivity contribution in [2.75, 3.05) is 19.8 Å². The molecule has 0 amide bonds. The molecule has 0 radical (unpaired) electrons. The molecule has 0 saturated carbocycles. The van der Waals surface area contributed by atoms with Crippen LogP contribution in [0.15, 0.2) is 12.3 Å². The molecule has 0 aromatic carbocycles. The van der Waals surface area contributed by atoms with Gasteiger partial charge in [0.25, 0.3) is 0 Å². The van der Waals surface area contributed by atoms with Crippen molar-refractivity contribution < 1.29 is 9.47 Å². The van der Waals surface area contributed by atoms with Crippen molar-refractivity contribution in [3.05, 3.63) is 12.3 Å². The molecule has 0 heterocycles. The third kappa shape index (κ3) is 11.5. The molecule has 0 atom stereocenters. The third-order valence-corrected chi connectivity index (χ3v) is 1.88. The van der Waals surface area contributed by atoms with Gasteiger partial charge < -0.3 is 9.47 Å². The Kier molecular flexibility index (Phi) is 12.1. The predicted octanol–water partition coefficient (Wildman–Crippen LogP) is 3.52. The fourth-order valence-electron chi connectivity index (χ4n) is 0.932. The van der Waals surface area contributed by atoms with Crippen molar-refractivity contribution in [2.45, 2.75) is 46.0 Å². The maximum Gasteiger partial charge on any atom is 0.0873 e. The van der Waals surface area contributed by atoms with E-state index in [0.717, 1.165) is 39.1 Å². The standard InChI is InChI=1S/C12H24O2/c1-3-5-9-13-11-7-8-12-14-10-6-4-2/h7,11H,3-6,8-10,12H2,1-2H3/b11-7-. The highest BCUT2D eigenvalue weighted by Crippen LogP contribution is 1.92. The van der Waals surface area contributed by atoms with Gasteiger partial charge in [-0.3, -0.25) is 0 Å². The summed E-state index contributed by atoms with van der Waals surface area (Å²) in [6.07, 6.45) is 9.47. The van der Waals surface area contributed by atoms with E-state index in [1.165, 1.54) is 12.8 Å². The zero-order valence-electron chi connectivity index (χ0n) is 9.63. The van der Waals surface area contributed by atoms with Gasteiger partial charge in [-0.2, -0.15) is 0 Å². The van der Waals surface area contributed by atoms with E-state index >= 15 is 0 Å². The van der Waals surface area contributed by atoms with Gasteiger partial charge in [0.05, 0.1) is 19.5 Å². The highest BCUT2D eigenvalue weighted by molar-refractivity contribution is 4.72. The van der Waals surface area contributed by atoms with Crippen molar-refractivity contribution in [3.8, 4) is 0 Å². The molecule has 0 fully saturated rings. The van der Waals surface area contributed by atoms with E-state index in [0.29, 0.717) is 0 Å². The van der Waals surface area contributed by atoms with Crippen molar-refractivity contribution >= 4 is 0 Å². The number of hydrogen-bond acceptors (Lipinski definition) is 2. The summed E-state index contributed by atoms with van der Waals surface area (Å²) >= 11 is 0. The molecule has 0 aromatic heterocycles. The molecule has 0 unspecified atom stereocenters. The Labute approximate surface area is 88.3 Å². The first-order chi connectivity index (χ1) is 6.91. The van der Waals surface area contributed by atoms with Crippen LogP contribution < -0.4 is 0 Å². The summed E-state index contributed by atoms with van der Waals surface area (Å²) in [5, 5.41) is 0. The summed E-state index contributed by atoms with van der Waals surface area (Å²) in [5.41, 5.74) is 0. The molecular formula is C12H24O2. The van der Waals surface area contributed by atoms with Crippen molar-refractivity contribution in [3.63, 3.8) is 0 Å². The van der Waals surface area contributed by atoms with Crippen molar-refractivity contribution in [1.82, 2.24) is 0 Å². The molecule has 0 N–H and O–H groups in total. The summed E-state index contributed by atoms with van der Waals surface area (Å²) in [6, 6.07) is 0. The van der Waals surface area contributed by atoms with Crippen LogP contribution in [0.1, 0.15) is 46.0 Å². The summed E-state index contributed by atoms with van der Waals surface area (Å²) in [6.45, 7) is 6.87. The molecule has 0 aliphatic heterocycles. The lowest BCUT2D eigenvalue weighted by atomic mass is 10.3. The van der Waals surface area contributed by atoms with Gasteiger partial charge in [-0.15, -0.1) is 0 Å². The van der Waals surface area contributed by atoms with Crippen LogP contribution in [0.4, 0.5) is 0 Å². The van der Waals surface area contributed by atoms with Gasteiger partial charge in [-0.1, -0.05) is 26.7 Å². The molecule has 0 aliphatic carbocycles. The summed E-state index contributed by atoms with van der Waals surface area (Å²) in [4.78, 5) is 0. The molecule has 0 aromatic rings. The van der Waals surface area contributed by atoms with Crippen LogP contribution in [0.25, 0.3) is 0 Å². The predicted molar refractivity (Wildman–Crippen MR) is 60.3 cm³/mol. The van der Waals surface area contributed by atoms with Crippen LogP contribution in [0.3, 0.4) is 0 Å². The average Bonchev–Trinajstić information content (AvgIpc) is 2.21. The summed E-state index contributed by atoms with van der Waals surface area (Å²) in [7, 11) is 0. The molecule has 2 nitrogen and oxygen atoms in total. The van der Waals surface area contributed by atoms with Crippen LogP contribution >= 0.6 is 0 Å². The maximum atomic E-state index is 5.39. The van der Waals surface area contributed by atoms with Crippen LogP contribution in [-0.2, 0) is 9.47 Å². The van der Waals surface area contributed by atoms with Gasteiger partial charge in [0.15, 0.2) is 0 Å². The van der Waals surface area contributed by atoms with Crippen LogP contribution in [0.5, 0.6) is 0 Å². The highest BCUT2D eigenvalue weighted by Gasteiger charge is 1.85. The lowest BCUT2D eigenvalue weighted by Gasteiger charge is -2.00. The number of hydrogen-bond donors (Lipinski definition) is 0. The van der Waals surface area contributed by atoms with Gasteiger partial charge in [-0.05, 0) is 25.3 Å². The maximum absolute atomic E-state index is 5.39. The molecule has 0 saturated heterocycles. The minimum Gasteiger partial charge on any atom is -0.502 e. The second-order valence-electron chi connectivity index (χ2n) is 3.35. The van der Waals surface area contributed by atoms with Crippen molar-refractivity contribution in [1.29, 1.82) is 0 Å². The molecule has 84 valence electrons. The zero-order chi connectivity index (χ0) is 10.5. The normalized spacial score (nSPS) is 11.0. The molecule has 0 aliphatic rings. The Morgan fingerprint density at radius 2 is 1.64 bits per heavy atom. The fourth-order valence-corrected chi connectivity index (χ4v) is 0.932. The van der Waals surface area contributed by atoms with Gasteiger partial charge >= 0.3 is 0 Å². The van der Waals surface area contributed by atoms with E-state index in [1.807, 2.05) is 6.08 Å². The van der Waals surface area contributed by atoms with Crippen LogP contribution in [0.2, 0.25) is 0 Å². The number of unbranched alkanes of at least 4 members (excludes halogenated alkanes) is 2. The Hall–Kier alpha value is -0.500. The Morgan fingerprint density at radius 3 is 2.36 bits per heavy atom. The molecule has 0 bridgehead atoms. The molecule has 0 rings (SSSR count). The van der Waals surface area contributed by atoms with E-state index in [2.05, 4.69) is 13.8 Å². The second kappa shape index (κ2) is 12.5. The molecule has 0 spiro atoms. The Balaban J connectivity index is 2.96. The van der Waals surface area contributed by atoms with Crippen LogP contribution in [-0.4, -0.2) is 19.8 Å². The monoisotopic (exact) mass is 200 g/mol. The quantitative estimate of drug-likeness (QED) is 0.397. The average molecular weight is 200 g/mol. The largest absolute Gasteiger partial charge is 0.502 e. The van der Waals surface area contributed by atoms with E-state index in [4.69, 9.17) is 9.47 Å². The lowest BCUT2D eigenvalue weighted by Crippen LogP contribution is -1.95. The van der Waals surface area contributed by atoms with E-state index < -0.39 is 0 Å². The number of rotatable bonds is 10. The third-order valence-electron chi connectivity index (χ3n) is 1.88. The first-order valence-corrected chi connectivity index (χ1v) is 5.76. The molecule has 2 heteroatoms. The SMILES string of the molecule is CCCCO/C=C\CCOCCCC. The van der Waals surface area contributed by atoms with Gasteiger partial charge in [0.1, 0.15) is 0 Å². The Morgan fingerprint density at radius 1 is 0.929 bits per heavy atom.